The molecule has 30 heavy (non-hydrogen) atoms. The first-order chi connectivity index (χ1) is 14.3. The Hall–Kier alpha value is -3.52. The van der Waals surface area contributed by atoms with Gasteiger partial charge in [0.2, 0.25) is 5.75 Å². The van der Waals surface area contributed by atoms with E-state index in [2.05, 4.69) is 15.3 Å². The number of halogens is 1. The number of carbonyl (C=O) groups is 1. The van der Waals surface area contributed by atoms with Crippen LogP contribution in [0.25, 0.3) is 0 Å². The second-order valence-corrected chi connectivity index (χ2v) is 7.06. The molecule has 3 rings (SSSR count). The number of likely N-dealkylation sites (N-methyl/N-ethyl adjacent to an activating group) is 1. The fraction of sp³-hybridized carbons (Fsp3) is 0.227. The van der Waals surface area contributed by atoms with Crippen molar-refractivity contribution in [1.29, 1.82) is 0 Å². The Morgan fingerprint density at radius 2 is 1.73 bits per heavy atom. The van der Waals surface area contributed by atoms with E-state index in [9.17, 15) is 19.4 Å². The van der Waals surface area contributed by atoms with E-state index in [4.69, 9.17) is 0 Å². The predicted octanol–water partition coefficient (Wildman–Crippen LogP) is 2.80. The first-order valence-electron chi connectivity index (χ1n) is 9.38. The quantitative estimate of drug-likeness (QED) is 0.554. The predicted molar refractivity (Wildman–Crippen MR) is 110 cm³/mol. The van der Waals surface area contributed by atoms with Gasteiger partial charge in [0, 0.05) is 19.0 Å². The van der Waals surface area contributed by atoms with Crippen molar-refractivity contribution in [3.63, 3.8) is 0 Å². The maximum absolute atomic E-state index is 13.0. The molecule has 7 nitrogen and oxygen atoms in total. The van der Waals surface area contributed by atoms with Gasteiger partial charge in [0.1, 0.15) is 11.6 Å². The maximum Gasteiger partial charge on any atom is 0.274 e. The molecule has 1 amide bonds. The molecule has 0 aliphatic heterocycles. The number of aromatic nitrogens is 2. The van der Waals surface area contributed by atoms with Crippen LogP contribution in [-0.4, -0.2) is 45.1 Å². The topological polar surface area (TPSA) is 98.6 Å². The van der Waals surface area contributed by atoms with Crippen molar-refractivity contribution in [3.05, 3.63) is 83.1 Å². The molecule has 0 spiro atoms. The molecule has 0 aliphatic carbocycles. The Balaban J connectivity index is 1.80. The molecule has 0 fully saturated rings. The van der Waals surface area contributed by atoms with Crippen molar-refractivity contribution in [1.82, 2.24) is 20.2 Å². The molecular weight excluding hydrogens is 387 g/mol. The van der Waals surface area contributed by atoms with Gasteiger partial charge in [-0.05, 0) is 37.4 Å². The van der Waals surface area contributed by atoms with Crippen molar-refractivity contribution >= 4 is 5.91 Å². The summed E-state index contributed by atoms with van der Waals surface area (Å²) in [7, 11) is 3.82. The Bertz CT molecular complexity index is 1010. The lowest BCUT2D eigenvalue weighted by Crippen LogP contribution is -2.26. The molecule has 2 aromatic carbocycles. The highest BCUT2D eigenvalue weighted by molar-refractivity contribution is 5.95. The Morgan fingerprint density at radius 3 is 2.37 bits per heavy atom. The van der Waals surface area contributed by atoms with Crippen LogP contribution in [0.2, 0.25) is 0 Å². The van der Waals surface area contributed by atoms with Crippen molar-refractivity contribution in [2.24, 2.45) is 0 Å². The smallest absolute Gasteiger partial charge is 0.274 e. The van der Waals surface area contributed by atoms with E-state index in [1.807, 2.05) is 49.3 Å². The molecule has 0 saturated heterocycles. The molecule has 156 valence electrons. The summed E-state index contributed by atoms with van der Waals surface area (Å²) >= 11 is 0. The van der Waals surface area contributed by atoms with Gasteiger partial charge in [0.05, 0.1) is 0 Å². The summed E-state index contributed by atoms with van der Waals surface area (Å²) < 4.78 is 13.0. The average molecular weight is 410 g/mol. The van der Waals surface area contributed by atoms with E-state index in [1.54, 1.807) is 12.1 Å². The van der Waals surface area contributed by atoms with Crippen LogP contribution in [0.3, 0.4) is 0 Å². The molecule has 3 N–H and O–H groups in total. The van der Waals surface area contributed by atoms with Crippen LogP contribution in [0.4, 0.5) is 4.39 Å². The summed E-state index contributed by atoms with van der Waals surface area (Å²) in [6.45, 7) is 0.114. The monoisotopic (exact) mass is 410 g/mol. The zero-order chi connectivity index (χ0) is 21.7. The third-order valence-electron chi connectivity index (χ3n) is 4.68. The molecule has 3 aromatic rings. The third-order valence-corrected chi connectivity index (χ3v) is 4.68. The van der Waals surface area contributed by atoms with E-state index < -0.39 is 17.5 Å². The molecule has 1 atom stereocenters. The molecule has 1 unspecified atom stereocenters. The summed E-state index contributed by atoms with van der Waals surface area (Å²) in [6, 6.07) is 15.3. The molecule has 1 heterocycles. The highest BCUT2D eigenvalue weighted by atomic mass is 19.1. The lowest BCUT2D eigenvalue weighted by molar-refractivity contribution is 0.0941. The summed E-state index contributed by atoms with van der Waals surface area (Å²) in [5.41, 5.74) is 1.39. The zero-order valence-corrected chi connectivity index (χ0v) is 16.7. The molecule has 0 saturated carbocycles. The molecule has 8 heteroatoms. The minimum absolute atomic E-state index is 0.0923. The summed E-state index contributed by atoms with van der Waals surface area (Å²) in [4.78, 5) is 22.7. The normalized spacial score (nSPS) is 12.0. The van der Waals surface area contributed by atoms with Crippen LogP contribution in [0.1, 0.15) is 33.5 Å². The SMILES string of the molecule is CN(C)C(Cc1nc(O)c(O)c(C(=O)NCc2ccc(F)cc2)n1)c1ccccc1. The van der Waals surface area contributed by atoms with E-state index in [-0.39, 0.29) is 29.9 Å². The third kappa shape index (κ3) is 5.09. The number of carbonyl (C=O) groups excluding carboxylic acids is 1. The minimum atomic E-state index is -0.684. The first kappa shape index (κ1) is 21.2. The number of hydrogen-bond acceptors (Lipinski definition) is 6. The van der Waals surface area contributed by atoms with Crippen molar-refractivity contribution < 1.29 is 19.4 Å². The summed E-state index contributed by atoms with van der Waals surface area (Å²) in [6.07, 6.45) is 0.323. The standard InChI is InChI=1S/C22H23FN4O3/c1-27(2)17(15-6-4-3-5-7-15)12-18-25-19(20(28)22(30)26-18)21(29)24-13-14-8-10-16(23)11-9-14/h3-11,17,28H,12-13H2,1-2H3,(H,24,29)(H,25,26,30). The number of amides is 1. The molecule has 0 aliphatic rings. The molecule has 0 radical (unpaired) electrons. The van der Waals surface area contributed by atoms with E-state index in [0.717, 1.165) is 5.56 Å². The number of aromatic hydroxyl groups is 2. The van der Waals surface area contributed by atoms with Crippen LogP contribution in [0, 0.1) is 5.82 Å². The van der Waals surface area contributed by atoms with Crippen molar-refractivity contribution in [3.8, 4) is 11.6 Å². The number of nitrogens with zero attached hydrogens (tertiary/aromatic N) is 3. The highest BCUT2D eigenvalue weighted by Crippen LogP contribution is 2.28. The Labute approximate surface area is 173 Å². The van der Waals surface area contributed by atoms with Crippen molar-refractivity contribution in [2.75, 3.05) is 14.1 Å². The number of rotatable bonds is 7. The van der Waals surface area contributed by atoms with Gasteiger partial charge in [-0.2, -0.15) is 4.98 Å². The largest absolute Gasteiger partial charge is 0.501 e. The van der Waals surface area contributed by atoms with Gasteiger partial charge in [-0.1, -0.05) is 42.5 Å². The summed E-state index contributed by atoms with van der Waals surface area (Å²) in [5, 5.41) is 22.7. The highest BCUT2D eigenvalue weighted by Gasteiger charge is 2.22. The molecular formula is C22H23FN4O3. The Morgan fingerprint density at radius 1 is 1.07 bits per heavy atom. The average Bonchev–Trinajstić information content (AvgIpc) is 2.74. The second kappa shape index (κ2) is 9.32. The van der Waals surface area contributed by atoms with Gasteiger partial charge >= 0.3 is 0 Å². The maximum atomic E-state index is 13.0. The lowest BCUT2D eigenvalue weighted by atomic mass is 10.0. The van der Waals surface area contributed by atoms with Crippen LogP contribution in [0.5, 0.6) is 11.6 Å². The van der Waals surface area contributed by atoms with Crippen LogP contribution >= 0.6 is 0 Å². The number of benzene rings is 2. The fourth-order valence-corrected chi connectivity index (χ4v) is 3.05. The van der Waals surface area contributed by atoms with E-state index >= 15 is 0 Å². The fourth-order valence-electron chi connectivity index (χ4n) is 3.05. The van der Waals surface area contributed by atoms with Crippen LogP contribution < -0.4 is 5.32 Å². The van der Waals surface area contributed by atoms with Gasteiger partial charge in [-0.25, -0.2) is 9.37 Å². The lowest BCUT2D eigenvalue weighted by Gasteiger charge is -2.24. The van der Waals surface area contributed by atoms with Crippen molar-refractivity contribution in [2.45, 2.75) is 19.0 Å². The van der Waals surface area contributed by atoms with Gasteiger partial charge in [0.25, 0.3) is 11.8 Å². The second-order valence-electron chi connectivity index (χ2n) is 7.06. The number of hydrogen-bond donors (Lipinski definition) is 3. The molecule has 0 bridgehead atoms. The molecule has 1 aromatic heterocycles. The van der Waals surface area contributed by atoms with Gasteiger partial charge in [-0.3, -0.25) is 4.79 Å². The number of nitrogens with one attached hydrogen (secondary N) is 1. The van der Waals surface area contributed by atoms with Gasteiger partial charge in [0.15, 0.2) is 5.69 Å². The minimum Gasteiger partial charge on any atom is -0.501 e. The first-order valence-corrected chi connectivity index (χ1v) is 9.38. The van der Waals surface area contributed by atoms with Crippen LogP contribution in [0.15, 0.2) is 54.6 Å². The van der Waals surface area contributed by atoms with E-state index in [0.29, 0.717) is 12.0 Å². The Kier molecular flexibility index (Phi) is 6.58. The van der Waals surface area contributed by atoms with Gasteiger partial charge in [-0.15, -0.1) is 0 Å². The van der Waals surface area contributed by atoms with Crippen LogP contribution in [-0.2, 0) is 13.0 Å². The zero-order valence-electron chi connectivity index (χ0n) is 16.7. The van der Waals surface area contributed by atoms with Gasteiger partial charge < -0.3 is 20.4 Å². The van der Waals surface area contributed by atoms with E-state index in [1.165, 1.54) is 12.1 Å². The summed E-state index contributed by atoms with van der Waals surface area (Å²) in [5.74, 6) is -2.16.